The van der Waals surface area contributed by atoms with Crippen LogP contribution in [0.5, 0.6) is 0 Å². The molecule has 0 bridgehead atoms. The number of amides is 1. The van der Waals surface area contributed by atoms with E-state index in [0.29, 0.717) is 45.3 Å². The van der Waals surface area contributed by atoms with Crippen molar-refractivity contribution in [1.29, 1.82) is 0 Å². The lowest BCUT2D eigenvalue weighted by molar-refractivity contribution is -0.136. The van der Waals surface area contributed by atoms with E-state index in [1.807, 2.05) is 28.9 Å². The quantitative estimate of drug-likeness (QED) is 0.739. The van der Waals surface area contributed by atoms with Crippen LogP contribution in [0.3, 0.4) is 0 Å². The maximum atomic E-state index is 12.5. The topological polar surface area (TPSA) is 81.3 Å². The molecule has 9 heteroatoms. The molecule has 4 rings (SSSR count). The van der Waals surface area contributed by atoms with Gasteiger partial charge in [-0.25, -0.2) is 0 Å². The fraction of sp³-hybridized carbons (Fsp3) is 0.667. The molecule has 0 spiro atoms. The predicted octanol–water partition coefficient (Wildman–Crippen LogP) is 0.0981. The number of ether oxygens (including phenoxy) is 1. The second kappa shape index (κ2) is 8.18. The van der Waals surface area contributed by atoms with Crippen molar-refractivity contribution in [3.05, 3.63) is 30.1 Å². The van der Waals surface area contributed by atoms with E-state index in [4.69, 9.17) is 4.74 Å². The van der Waals surface area contributed by atoms with Crippen LogP contribution in [-0.2, 0) is 23.1 Å². The number of carbonyl (C=O) groups excluding carboxylic acids is 1. The van der Waals surface area contributed by atoms with Crippen LogP contribution in [0.15, 0.2) is 18.5 Å². The van der Waals surface area contributed by atoms with Crippen LogP contribution in [0.2, 0.25) is 0 Å². The highest BCUT2D eigenvalue weighted by molar-refractivity contribution is 5.78. The summed E-state index contributed by atoms with van der Waals surface area (Å²) < 4.78 is 9.27. The molecule has 146 valence electrons. The Hall–Kier alpha value is -2.26. The molecule has 4 heterocycles. The fourth-order valence-electron chi connectivity index (χ4n) is 3.92. The van der Waals surface area contributed by atoms with E-state index in [1.54, 1.807) is 6.20 Å². The summed E-state index contributed by atoms with van der Waals surface area (Å²) in [4.78, 5) is 16.7. The van der Waals surface area contributed by atoms with Gasteiger partial charge in [0.2, 0.25) is 5.91 Å². The molecule has 2 aromatic heterocycles. The zero-order valence-electron chi connectivity index (χ0n) is 15.8. The molecular weight excluding hydrogens is 346 g/mol. The molecule has 1 amide bonds. The summed E-state index contributed by atoms with van der Waals surface area (Å²) in [5.74, 6) is 2.41. The number of morpholine rings is 1. The lowest BCUT2D eigenvalue weighted by atomic mass is 9.97. The van der Waals surface area contributed by atoms with E-state index in [9.17, 15) is 4.79 Å². The molecule has 0 unspecified atom stereocenters. The van der Waals surface area contributed by atoms with Crippen LogP contribution in [0.25, 0.3) is 0 Å². The van der Waals surface area contributed by atoms with E-state index in [0.717, 1.165) is 37.6 Å². The van der Waals surface area contributed by atoms with E-state index in [1.165, 1.54) is 0 Å². The van der Waals surface area contributed by atoms with Gasteiger partial charge in [0.15, 0.2) is 5.82 Å². The van der Waals surface area contributed by atoms with E-state index < -0.39 is 0 Å². The van der Waals surface area contributed by atoms with Crippen LogP contribution in [-0.4, -0.2) is 86.2 Å². The minimum atomic E-state index is 0.205. The summed E-state index contributed by atoms with van der Waals surface area (Å²) in [6, 6.07) is 1.90. The fourth-order valence-corrected chi connectivity index (χ4v) is 3.92. The zero-order valence-corrected chi connectivity index (χ0v) is 15.8. The zero-order chi connectivity index (χ0) is 18.6. The summed E-state index contributed by atoms with van der Waals surface area (Å²) in [6.45, 7) is 5.61. The maximum Gasteiger partial charge on any atom is 0.236 e. The van der Waals surface area contributed by atoms with Crippen molar-refractivity contribution < 1.29 is 9.53 Å². The molecule has 2 aromatic rings. The molecule has 0 N–H and O–H groups in total. The number of carbonyl (C=O) groups is 1. The van der Waals surface area contributed by atoms with Crippen molar-refractivity contribution in [3.63, 3.8) is 0 Å². The predicted molar refractivity (Wildman–Crippen MR) is 98.1 cm³/mol. The van der Waals surface area contributed by atoms with Gasteiger partial charge in [-0.2, -0.15) is 5.10 Å². The molecule has 0 radical (unpaired) electrons. The lowest BCUT2D eigenvalue weighted by Gasteiger charge is -2.34. The highest BCUT2D eigenvalue weighted by Gasteiger charge is 2.28. The largest absolute Gasteiger partial charge is 0.378 e. The first-order valence-corrected chi connectivity index (χ1v) is 9.64. The Morgan fingerprint density at radius 3 is 2.89 bits per heavy atom. The van der Waals surface area contributed by atoms with Gasteiger partial charge >= 0.3 is 0 Å². The number of likely N-dealkylation sites (tertiary alicyclic amines) is 1. The first kappa shape index (κ1) is 18.1. The second-order valence-corrected chi connectivity index (χ2v) is 7.30. The first-order valence-electron chi connectivity index (χ1n) is 9.64. The third-order valence-electron chi connectivity index (χ3n) is 5.45. The Kier molecular flexibility index (Phi) is 5.49. The average molecular weight is 373 g/mol. The SMILES string of the molecule is Cn1c(Cn2cccn2)nnc1[C@@H]1CCCN(CC(=O)N2CCOCC2)C1. The van der Waals surface area contributed by atoms with E-state index >= 15 is 0 Å². The minimum absolute atomic E-state index is 0.205. The van der Waals surface area contributed by atoms with Gasteiger partial charge in [-0.05, 0) is 25.5 Å². The summed E-state index contributed by atoms with van der Waals surface area (Å²) in [6.07, 6.45) is 5.84. The third kappa shape index (κ3) is 4.19. The number of aromatic nitrogens is 5. The smallest absolute Gasteiger partial charge is 0.236 e. The first-order chi connectivity index (χ1) is 13.2. The van der Waals surface area contributed by atoms with Crippen molar-refractivity contribution in [1.82, 2.24) is 34.3 Å². The van der Waals surface area contributed by atoms with Crippen molar-refractivity contribution in [3.8, 4) is 0 Å². The molecule has 9 nitrogen and oxygen atoms in total. The molecule has 2 aliphatic heterocycles. The average Bonchev–Trinajstić information content (AvgIpc) is 3.33. The summed E-state index contributed by atoms with van der Waals surface area (Å²) in [5.41, 5.74) is 0. The van der Waals surface area contributed by atoms with Gasteiger partial charge in [-0.3, -0.25) is 14.4 Å². The second-order valence-electron chi connectivity index (χ2n) is 7.30. The Labute approximate surface area is 158 Å². The van der Waals surface area contributed by atoms with Gasteiger partial charge < -0.3 is 14.2 Å². The van der Waals surface area contributed by atoms with E-state index in [2.05, 4.69) is 24.8 Å². The maximum absolute atomic E-state index is 12.5. The van der Waals surface area contributed by atoms with Crippen LogP contribution in [0, 0.1) is 0 Å². The van der Waals surface area contributed by atoms with Crippen LogP contribution in [0.4, 0.5) is 0 Å². The number of rotatable bonds is 5. The lowest BCUT2D eigenvalue weighted by Crippen LogP contribution is -2.47. The van der Waals surface area contributed by atoms with Crippen LogP contribution >= 0.6 is 0 Å². The Morgan fingerprint density at radius 2 is 2.11 bits per heavy atom. The summed E-state index contributed by atoms with van der Waals surface area (Å²) in [7, 11) is 2.02. The molecule has 2 saturated heterocycles. The Balaban J connectivity index is 1.38. The Bertz CT molecular complexity index is 752. The highest BCUT2D eigenvalue weighted by atomic mass is 16.5. The minimum Gasteiger partial charge on any atom is -0.378 e. The van der Waals surface area contributed by atoms with Gasteiger partial charge in [0.05, 0.1) is 19.8 Å². The number of nitrogens with zero attached hydrogens (tertiary/aromatic N) is 7. The summed E-state index contributed by atoms with van der Waals surface area (Å²) >= 11 is 0. The van der Waals surface area contributed by atoms with Crippen LogP contribution in [0.1, 0.15) is 30.4 Å². The van der Waals surface area contributed by atoms with Crippen molar-refractivity contribution in [2.75, 3.05) is 45.9 Å². The standard InChI is InChI=1S/C18H27N7O2/c1-22-16(13-25-7-3-5-19-25)20-21-18(22)15-4-2-6-23(12-15)14-17(26)24-8-10-27-11-9-24/h3,5,7,15H,2,4,6,8-14H2,1H3/t15-/m1/s1. The molecule has 1 atom stereocenters. The number of hydrogen-bond acceptors (Lipinski definition) is 6. The van der Waals surface area contributed by atoms with Crippen molar-refractivity contribution in [2.45, 2.75) is 25.3 Å². The molecule has 27 heavy (non-hydrogen) atoms. The molecular formula is C18H27N7O2. The normalized spacial score (nSPS) is 21.5. The van der Waals surface area contributed by atoms with Crippen molar-refractivity contribution >= 4 is 5.91 Å². The summed E-state index contributed by atoms with van der Waals surface area (Å²) in [5, 5.41) is 13.1. The van der Waals surface area contributed by atoms with E-state index in [-0.39, 0.29) is 5.91 Å². The van der Waals surface area contributed by atoms with Gasteiger partial charge in [0, 0.05) is 45.0 Å². The monoisotopic (exact) mass is 373 g/mol. The van der Waals surface area contributed by atoms with Gasteiger partial charge in [0.25, 0.3) is 0 Å². The molecule has 2 fully saturated rings. The molecule has 2 aliphatic rings. The highest BCUT2D eigenvalue weighted by Crippen LogP contribution is 2.25. The van der Waals surface area contributed by atoms with Gasteiger partial charge in [0.1, 0.15) is 12.4 Å². The number of hydrogen-bond donors (Lipinski definition) is 0. The van der Waals surface area contributed by atoms with Gasteiger partial charge in [-0.15, -0.1) is 10.2 Å². The van der Waals surface area contributed by atoms with Gasteiger partial charge in [-0.1, -0.05) is 0 Å². The molecule has 0 saturated carbocycles. The van der Waals surface area contributed by atoms with Crippen LogP contribution < -0.4 is 0 Å². The Morgan fingerprint density at radius 1 is 1.26 bits per heavy atom. The molecule has 0 aromatic carbocycles. The van der Waals surface area contributed by atoms with Crippen molar-refractivity contribution in [2.24, 2.45) is 7.05 Å². The molecule has 0 aliphatic carbocycles. The number of piperidine rings is 1. The third-order valence-corrected chi connectivity index (χ3v) is 5.45.